The lowest BCUT2D eigenvalue weighted by molar-refractivity contribution is 0.102. The van der Waals surface area contributed by atoms with Gasteiger partial charge in [-0.15, -0.1) is 0 Å². The van der Waals surface area contributed by atoms with Gasteiger partial charge in [0.25, 0.3) is 5.91 Å². The van der Waals surface area contributed by atoms with Crippen molar-refractivity contribution in [3.05, 3.63) is 88.6 Å². The summed E-state index contributed by atoms with van der Waals surface area (Å²) in [6.07, 6.45) is 4.05. The second-order valence-corrected chi connectivity index (χ2v) is 5.80. The molecule has 0 saturated heterocycles. The van der Waals surface area contributed by atoms with Crippen molar-refractivity contribution in [2.75, 3.05) is 5.32 Å². The van der Waals surface area contributed by atoms with E-state index in [1.54, 1.807) is 6.07 Å². The third-order valence-electron chi connectivity index (χ3n) is 4.01. The fraction of sp³-hybridized carbons (Fsp3) is 0. The fourth-order valence-corrected chi connectivity index (χ4v) is 2.73. The lowest BCUT2D eigenvalue weighted by atomic mass is 10.1. The number of halogens is 2. The lowest BCUT2D eigenvalue weighted by Gasteiger charge is -2.10. The molecule has 0 aliphatic rings. The molecule has 28 heavy (non-hydrogen) atoms. The van der Waals surface area contributed by atoms with E-state index in [0.717, 1.165) is 18.2 Å². The largest absolute Gasteiger partial charge is 0.453 e. The molecular formula is C20H11F2N3O3. The Morgan fingerprint density at radius 1 is 1.04 bits per heavy atom. The Kier molecular flexibility index (Phi) is 4.36. The van der Waals surface area contributed by atoms with Crippen molar-refractivity contribution in [2.24, 2.45) is 0 Å². The van der Waals surface area contributed by atoms with Gasteiger partial charge >= 0.3 is 0 Å². The minimum atomic E-state index is -0.872. The monoisotopic (exact) mass is 379 g/mol. The molecule has 0 bridgehead atoms. The Labute approximate surface area is 156 Å². The van der Waals surface area contributed by atoms with Crippen LogP contribution in [0.3, 0.4) is 0 Å². The first-order valence-corrected chi connectivity index (χ1v) is 8.13. The van der Waals surface area contributed by atoms with Crippen molar-refractivity contribution in [1.29, 1.82) is 0 Å². The molecular weight excluding hydrogens is 368 g/mol. The molecule has 6 nitrogen and oxygen atoms in total. The maximum Gasteiger partial charge on any atom is 0.275 e. The Morgan fingerprint density at radius 2 is 1.79 bits per heavy atom. The molecule has 4 rings (SSSR count). The minimum absolute atomic E-state index is 0.00936. The van der Waals surface area contributed by atoms with Crippen LogP contribution in [0.15, 0.2) is 70.3 Å². The Hall–Kier alpha value is -3.94. The van der Waals surface area contributed by atoms with Crippen molar-refractivity contribution in [3.63, 3.8) is 0 Å². The first-order valence-electron chi connectivity index (χ1n) is 8.13. The number of para-hydroxylation sites is 1. The van der Waals surface area contributed by atoms with E-state index in [9.17, 15) is 18.4 Å². The van der Waals surface area contributed by atoms with E-state index in [1.165, 1.54) is 36.8 Å². The summed E-state index contributed by atoms with van der Waals surface area (Å²) in [7, 11) is 0. The molecule has 0 aliphatic carbocycles. The summed E-state index contributed by atoms with van der Waals surface area (Å²) in [4.78, 5) is 32.5. The van der Waals surface area contributed by atoms with Crippen molar-refractivity contribution in [1.82, 2.24) is 9.97 Å². The zero-order valence-corrected chi connectivity index (χ0v) is 14.1. The SMILES string of the molecule is O=C(Nc1cccc2c(=O)cc(-c3c(F)cccc3F)oc12)c1cnccn1. The van der Waals surface area contributed by atoms with Crippen LogP contribution in [0, 0.1) is 11.6 Å². The maximum atomic E-state index is 14.1. The van der Waals surface area contributed by atoms with Crippen LogP contribution in [0.25, 0.3) is 22.3 Å². The number of hydrogen-bond acceptors (Lipinski definition) is 5. The summed E-state index contributed by atoms with van der Waals surface area (Å²) < 4.78 is 33.9. The molecule has 4 aromatic rings. The Morgan fingerprint density at radius 3 is 2.50 bits per heavy atom. The van der Waals surface area contributed by atoms with Gasteiger partial charge in [0, 0.05) is 18.5 Å². The molecule has 0 atom stereocenters. The average Bonchev–Trinajstić information content (AvgIpc) is 2.69. The van der Waals surface area contributed by atoms with Gasteiger partial charge in [-0.2, -0.15) is 0 Å². The Balaban J connectivity index is 1.86. The van der Waals surface area contributed by atoms with Crippen LogP contribution >= 0.6 is 0 Å². The number of benzene rings is 2. The van der Waals surface area contributed by atoms with Gasteiger partial charge in [-0.05, 0) is 24.3 Å². The highest BCUT2D eigenvalue weighted by Crippen LogP contribution is 2.30. The van der Waals surface area contributed by atoms with Crippen LogP contribution in [0.1, 0.15) is 10.5 Å². The molecule has 1 N–H and O–H groups in total. The average molecular weight is 379 g/mol. The molecule has 2 aromatic heterocycles. The summed E-state index contributed by atoms with van der Waals surface area (Å²) in [5, 5.41) is 2.73. The molecule has 0 radical (unpaired) electrons. The minimum Gasteiger partial charge on any atom is -0.453 e. The maximum absolute atomic E-state index is 14.1. The van der Waals surface area contributed by atoms with Crippen LogP contribution in [-0.2, 0) is 0 Å². The van der Waals surface area contributed by atoms with E-state index in [1.807, 2.05) is 0 Å². The second kappa shape index (κ2) is 6.99. The molecule has 8 heteroatoms. The van der Waals surface area contributed by atoms with Gasteiger partial charge < -0.3 is 9.73 Å². The van der Waals surface area contributed by atoms with E-state index in [0.29, 0.717) is 0 Å². The van der Waals surface area contributed by atoms with Gasteiger partial charge in [-0.3, -0.25) is 14.6 Å². The predicted octanol–water partition coefficient (Wildman–Crippen LogP) is 3.78. The number of carbonyl (C=O) groups is 1. The molecule has 0 saturated carbocycles. The molecule has 0 fully saturated rings. The topological polar surface area (TPSA) is 85.1 Å². The zero-order valence-electron chi connectivity index (χ0n) is 14.1. The molecule has 2 aromatic carbocycles. The van der Waals surface area contributed by atoms with Crippen LogP contribution in [0.5, 0.6) is 0 Å². The second-order valence-electron chi connectivity index (χ2n) is 5.80. The van der Waals surface area contributed by atoms with Gasteiger partial charge in [-0.25, -0.2) is 13.8 Å². The molecule has 0 spiro atoms. The number of carbonyl (C=O) groups excluding carboxylic acids is 1. The quantitative estimate of drug-likeness (QED) is 0.586. The van der Waals surface area contributed by atoms with Crippen molar-refractivity contribution in [2.45, 2.75) is 0 Å². The van der Waals surface area contributed by atoms with Crippen LogP contribution in [-0.4, -0.2) is 15.9 Å². The molecule has 1 amide bonds. The van der Waals surface area contributed by atoms with Crippen LogP contribution in [0.2, 0.25) is 0 Å². The van der Waals surface area contributed by atoms with Gasteiger partial charge in [0.05, 0.1) is 22.8 Å². The highest BCUT2D eigenvalue weighted by molar-refractivity contribution is 6.06. The summed E-state index contributed by atoms with van der Waals surface area (Å²) >= 11 is 0. The van der Waals surface area contributed by atoms with Crippen LogP contribution < -0.4 is 10.7 Å². The van der Waals surface area contributed by atoms with Gasteiger partial charge in [0.1, 0.15) is 23.1 Å². The number of nitrogens with one attached hydrogen (secondary N) is 1. The molecule has 0 aliphatic heterocycles. The van der Waals surface area contributed by atoms with E-state index >= 15 is 0 Å². The number of amides is 1. The third-order valence-corrected chi connectivity index (χ3v) is 4.01. The number of nitrogens with zero attached hydrogens (tertiary/aromatic N) is 2. The third kappa shape index (κ3) is 3.11. The van der Waals surface area contributed by atoms with Crippen molar-refractivity contribution < 1.29 is 18.0 Å². The highest BCUT2D eigenvalue weighted by atomic mass is 19.1. The van der Waals surface area contributed by atoms with Gasteiger partial charge in [-0.1, -0.05) is 12.1 Å². The summed E-state index contributed by atoms with van der Waals surface area (Å²) in [5.41, 5.74) is -0.766. The Bertz CT molecular complexity index is 1240. The number of aromatic nitrogens is 2. The predicted molar refractivity (Wildman–Crippen MR) is 97.8 cm³/mol. The van der Waals surface area contributed by atoms with E-state index in [2.05, 4.69) is 15.3 Å². The van der Waals surface area contributed by atoms with Crippen molar-refractivity contribution >= 4 is 22.6 Å². The molecule has 138 valence electrons. The number of anilines is 1. The summed E-state index contributed by atoms with van der Waals surface area (Å²) in [5.74, 6) is -2.60. The first-order chi connectivity index (χ1) is 13.5. The highest BCUT2D eigenvalue weighted by Gasteiger charge is 2.18. The number of fused-ring (bicyclic) bond motifs is 1. The standard InChI is InChI=1S/C20H11F2N3O3/c21-12-4-2-5-13(22)18(12)17-9-16(26)11-3-1-6-14(19(11)28-17)25-20(27)15-10-23-7-8-24-15/h1-10H,(H,25,27). The van der Waals surface area contributed by atoms with E-state index in [-0.39, 0.29) is 28.1 Å². The molecule has 2 heterocycles. The number of rotatable bonds is 3. The van der Waals surface area contributed by atoms with Crippen molar-refractivity contribution in [3.8, 4) is 11.3 Å². The van der Waals surface area contributed by atoms with Gasteiger partial charge in [0.2, 0.25) is 0 Å². The van der Waals surface area contributed by atoms with Gasteiger partial charge in [0.15, 0.2) is 11.0 Å². The fourth-order valence-electron chi connectivity index (χ4n) is 2.73. The molecule has 0 unspecified atom stereocenters. The smallest absolute Gasteiger partial charge is 0.275 e. The van der Waals surface area contributed by atoms with E-state index < -0.39 is 28.5 Å². The number of hydrogen-bond donors (Lipinski definition) is 1. The van der Waals surface area contributed by atoms with E-state index in [4.69, 9.17) is 4.42 Å². The summed E-state index contributed by atoms with van der Waals surface area (Å²) in [6.45, 7) is 0. The normalized spacial score (nSPS) is 10.8. The lowest BCUT2D eigenvalue weighted by Crippen LogP contribution is -2.14. The summed E-state index contributed by atoms with van der Waals surface area (Å²) in [6, 6.07) is 8.88. The first kappa shape index (κ1) is 17.5. The van der Waals surface area contributed by atoms with Crippen LogP contribution in [0.4, 0.5) is 14.5 Å². The zero-order chi connectivity index (χ0) is 19.7.